The van der Waals surface area contributed by atoms with E-state index in [2.05, 4.69) is 30.3 Å². The first-order valence-electron chi connectivity index (χ1n) is 6.77. The van der Waals surface area contributed by atoms with E-state index in [9.17, 15) is 0 Å². The van der Waals surface area contributed by atoms with Crippen molar-refractivity contribution < 1.29 is 0 Å². The first-order chi connectivity index (χ1) is 8.04. The Morgan fingerprint density at radius 2 is 1.94 bits per heavy atom. The summed E-state index contributed by atoms with van der Waals surface area (Å²) in [5.74, 6) is 1.73. The smallest absolute Gasteiger partial charge is 0.0597 e. The third kappa shape index (κ3) is 3.32. The van der Waals surface area contributed by atoms with Gasteiger partial charge in [0.05, 0.1) is 11.4 Å². The second-order valence-corrected chi connectivity index (χ2v) is 5.90. The molecule has 17 heavy (non-hydrogen) atoms. The highest BCUT2D eigenvalue weighted by Crippen LogP contribution is 2.28. The lowest BCUT2D eigenvalue weighted by molar-refractivity contribution is 0.237. The Morgan fingerprint density at radius 1 is 1.29 bits per heavy atom. The molecule has 1 N–H and O–H groups in total. The van der Waals surface area contributed by atoms with Crippen LogP contribution in [0.2, 0.25) is 0 Å². The van der Waals surface area contributed by atoms with Gasteiger partial charge in [0.25, 0.3) is 0 Å². The number of aromatic nitrogens is 2. The molecule has 2 atom stereocenters. The van der Waals surface area contributed by atoms with Crippen molar-refractivity contribution in [1.82, 2.24) is 15.1 Å². The molecule has 0 saturated heterocycles. The molecular weight excluding hydrogens is 210 g/mol. The lowest BCUT2D eigenvalue weighted by atomic mass is 9.80. The minimum absolute atomic E-state index is 0.684. The van der Waals surface area contributed by atoms with Gasteiger partial charge in [-0.2, -0.15) is 5.10 Å². The molecule has 0 radical (unpaired) electrons. The molecule has 2 unspecified atom stereocenters. The molecule has 96 valence electrons. The number of nitrogens with zero attached hydrogens (tertiary/aromatic N) is 2. The van der Waals surface area contributed by atoms with Crippen LogP contribution in [0, 0.1) is 18.8 Å². The largest absolute Gasteiger partial charge is 0.308 e. The maximum atomic E-state index is 4.38. The van der Waals surface area contributed by atoms with Gasteiger partial charge in [-0.25, -0.2) is 0 Å². The maximum Gasteiger partial charge on any atom is 0.0597 e. The molecule has 0 aliphatic heterocycles. The molecule has 1 aromatic rings. The van der Waals surface area contributed by atoms with Gasteiger partial charge in [0.2, 0.25) is 0 Å². The fourth-order valence-corrected chi connectivity index (χ4v) is 3.19. The van der Waals surface area contributed by atoms with Crippen molar-refractivity contribution in [3.05, 3.63) is 17.5 Å². The third-order valence-electron chi connectivity index (χ3n) is 3.85. The van der Waals surface area contributed by atoms with Crippen molar-refractivity contribution in [2.24, 2.45) is 18.9 Å². The van der Waals surface area contributed by atoms with Crippen molar-refractivity contribution in [3.63, 3.8) is 0 Å². The van der Waals surface area contributed by atoms with Gasteiger partial charge in [0, 0.05) is 19.6 Å². The Balaban J connectivity index is 1.87. The molecule has 0 spiro atoms. The van der Waals surface area contributed by atoms with E-state index in [1.54, 1.807) is 0 Å². The summed E-state index contributed by atoms with van der Waals surface area (Å²) in [6.07, 6.45) is 4.03. The molecule has 0 aromatic carbocycles. The van der Waals surface area contributed by atoms with Crippen LogP contribution < -0.4 is 5.32 Å². The third-order valence-corrected chi connectivity index (χ3v) is 3.85. The van der Waals surface area contributed by atoms with E-state index in [1.165, 1.54) is 25.0 Å². The Kier molecular flexibility index (Phi) is 3.87. The van der Waals surface area contributed by atoms with E-state index in [-0.39, 0.29) is 0 Å². The molecule has 1 aliphatic rings. The molecule has 2 rings (SSSR count). The molecule has 0 bridgehead atoms. The van der Waals surface area contributed by atoms with Crippen LogP contribution >= 0.6 is 0 Å². The molecule has 1 heterocycles. The average Bonchev–Trinajstić information content (AvgIpc) is 2.53. The summed E-state index contributed by atoms with van der Waals surface area (Å²) in [6, 6.07) is 2.85. The van der Waals surface area contributed by atoms with E-state index < -0.39 is 0 Å². The summed E-state index contributed by atoms with van der Waals surface area (Å²) in [5.41, 5.74) is 2.39. The van der Waals surface area contributed by atoms with E-state index in [0.29, 0.717) is 6.04 Å². The van der Waals surface area contributed by atoms with Gasteiger partial charge < -0.3 is 5.32 Å². The number of hydrogen-bond donors (Lipinski definition) is 1. The zero-order valence-corrected chi connectivity index (χ0v) is 11.5. The van der Waals surface area contributed by atoms with Crippen LogP contribution in [0.1, 0.15) is 44.5 Å². The second kappa shape index (κ2) is 5.21. The minimum Gasteiger partial charge on any atom is -0.308 e. The molecule has 3 nitrogen and oxygen atoms in total. The molecule has 1 fully saturated rings. The van der Waals surface area contributed by atoms with Crippen LogP contribution in [0.3, 0.4) is 0 Å². The van der Waals surface area contributed by atoms with Crippen LogP contribution in [-0.4, -0.2) is 15.8 Å². The molecule has 3 heteroatoms. The van der Waals surface area contributed by atoms with Crippen LogP contribution in [0.5, 0.6) is 0 Å². The van der Waals surface area contributed by atoms with E-state index >= 15 is 0 Å². The standard InChI is InChI=1S/C14H25N3/c1-10-5-11(2)7-13(6-10)15-9-14-8-12(3)16-17(14)4/h8,10-11,13,15H,5-7,9H2,1-4H3. The Bertz CT molecular complexity index is 360. The fourth-order valence-electron chi connectivity index (χ4n) is 3.19. The summed E-state index contributed by atoms with van der Waals surface area (Å²) >= 11 is 0. The second-order valence-electron chi connectivity index (χ2n) is 5.90. The predicted octanol–water partition coefficient (Wildman–Crippen LogP) is 2.64. The van der Waals surface area contributed by atoms with E-state index in [4.69, 9.17) is 0 Å². The summed E-state index contributed by atoms with van der Waals surface area (Å²) in [7, 11) is 2.02. The van der Waals surface area contributed by atoms with Crippen LogP contribution in [0.25, 0.3) is 0 Å². The minimum atomic E-state index is 0.684. The lowest BCUT2D eigenvalue weighted by Gasteiger charge is -2.32. The van der Waals surface area contributed by atoms with Gasteiger partial charge in [0.1, 0.15) is 0 Å². The molecule has 1 saturated carbocycles. The zero-order valence-electron chi connectivity index (χ0n) is 11.5. The van der Waals surface area contributed by atoms with E-state index in [1.807, 2.05) is 18.7 Å². The summed E-state index contributed by atoms with van der Waals surface area (Å²) in [6.45, 7) is 7.74. The number of rotatable bonds is 3. The van der Waals surface area contributed by atoms with Crippen LogP contribution in [0.4, 0.5) is 0 Å². The monoisotopic (exact) mass is 235 g/mol. The van der Waals surface area contributed by atoms with Gasteiger partial charge >= 0.3 is 0 Å². The predicted molar refractivity (Wildman–Crippen MR) is 70.8 cm³/mol. The lowest BCUT2D eigenvalue weighted by Crippen LogP contribution is -2.36. The summed E-state index contributed by atoms with van der Waals surface area (Å²) in [5, 5.41) is 8.07. The van der Waals surface area contributed by atoms with Crippen molar-refractivity contribution in [2.45, 2.75) is 52.6 Å². The van der Waals surface area contributed by atoms with Gasteiger partial charge in [-0.15, -0.1) is 0 Å². The molecular formula is C14H25N3. The maximum absolute atomic E-state index is 4.38. The quantitative estimate of drug-likeness (QED) is 0.873. The van der Waals surface area contributed by atoms with E-state index in [0.717, 1.165) is 24.1 Å². The average molecular weight is 235 g/mol. The normalized spacial score (nSPS) is 29.5. The van der Waals surface area contributed by atoms with Crippen molar-refractivity contribution in [3.8, 4) is 0 Å². The van der Waals surface area contributed by atoms with Crippen molar-refractivity contribution >= 4 is 0 Å². The highest BCUT2D eigenvalue weighted by Gasteiger charge is 2.23. The molecule has 1 aromatic heterocycles. The van der Waals surface area contributed by atoms with Gasteiger partial charge in [-0.1, -0.05) is 13.8 Å². The topological polar surface area (TPSA) is 29.9 Å². The first-order valence-corrected chi connectivity index (χ1v) is 6.77. The number of nitrogens with one attached hydrogen (secondary N) is 1. The SMILES string of the molecule is Cc1cc(CNC2CC(C)CC(C)C2)n(C)n1. The fraction of sp³-hybridized carbons (Fsp3) is 0.786. The summed E-state index contributed by atoms with van der Waals surface area (Å²) in [4.78, 5) is 0. The van der Waals surface area contributed by atoms with Gasteiger partial charge in [-0.05, 0) is 44.1 Å². The Labute approximate surface area is 105 Å². The highest BCUT2D eigenvalue weighted by atomic mass is 15.3. The molecule has 0 amide bonds. The molecule has 1 aliphatic carbocycles. The zero-order chi connectivity index (χ0) is 12.4. The van der Waals surface area contributed by atoms with Crippen molar-refractivity contribution in [1.29, 1.82) is 0 Å². The van der Waals surface area contributed by atoms with Gasteiger partial charge in [-0.3, -0.25) is 4.68 Å². The highest BCUT2D eigenvalue weighted by molar-refractivity contribution is 5.08. The van der Waals surface area contributed by atoms with Crippen LogP contribution in [0.15, 0.2) is 6.07 Å². The Morgan fingerprint density at radius 3 is 2.47 bits per heavy atom. The van der Waals surface area contributed by atoms with Crippen LogP contribution in [-0.2, 0) is 13.6 Å². The number of aryl methyl sites for hydroxylation is 2. The first kappa shape index (κ1) is 12.6. The Hall–Kier alpha value is -0.830. The number of hydrogen-bond acceptors (Lipinski definition) is 2. The van der Waals surface area contributed by atoms with Crippen molar-refractivity contribution in [2.75, 3.05) is 0 Å². The summed E-state index contributed by atoms with van der Waals surface area (Å²) < 4.78 is 1.98. The van der Waals surface area contributed by atoms with Gasteiger partial charge in [0.15, 0.2) is 0 Å².